The highest BCUT2D eigenvalue weighted by Gasteiger charge is 2.35. The van der Waals surface area contributed by atoms with Gasteiger partial charge in [-0.2, -0.15) is 18.4 Å². The molecule has 9 heteroatoms. The summed E-state index contributed by atoms with van der Waals surface area (Å²) in [5.74, 6) is 0. The van der Waals surface area contributed by atoms with Crippen molar-refractivity contribution < 1.29 is 21.6 Å². The molecule has 0 aromatic heterocycles. The Hall–Kier alpha value is -0.780. The van der Waals surface area contributed by atoms with Crippen LogP contribution in [0.2, 0.25) is 0 Å². The van der Waals surface area contributed by atoms with Gasteiger partial charge in [0.15, 0.2) is 0 Å². The molecule has 1 aromatic rings. The molecular weight excluding hydrogens is 347 g/mol. The van der Waals surface area contributed by atoms with E-state index in [0.29, 0.717) is 12.1 Å². The highest BCUT2D eigenvalue weighted by atomic mass is 79.9. The molecule has 0 saturated heterocycles. The summed E-state index contributed by atoms with van der Waals surface area (Å²) in [6, 6.07) is 2.36. The van der Waals surface area contributed by atoms with Crippen LogP contribution >= 0.6 is 26.6 Å². The van der Waals surface area contributed by atoms with E-state index in [1.54, 1.807) is 0 Å². The van der Waals surface area contributed by atoms with Gasteiger partial charge in [-0.25, -0.2) is 8.42 Å². The number of hydrogen-bond acceptors (Lipinski definition) is 3. The fraction of sp³-hybridized carbons (Fsp3) is 0.125. The molecule has 0 heterocycles. The lowest BCUT2D eigenvalue weighted by atomic mass is 10.1. The summed E-state index contributed by atoms with van der Waals surface area (Å²) in [6.07, 6.45) is -4.75. The number of hydrogen-bond donors (Lipinski definition) is 0. The molecule has 1 rings (SSSR count). The third kappa shape index (κ3) is 3.12. The smallest absolute Gasteiger partial charge is 0.207 e. The Kier molecular flexibility index (Phi) is 3.76. The molecule has 0 spiro atoms. The zero-order valence-corrected chi connectivity index (χ0v) is 10.9. The van der Waals surface area contributed by atoms with Gasteiger partial charge in [0.1, 0.15) is 0 Å². The average Bonchev–Trinajstić information content (AvgIpc) is 2.14. The molecule has 0 bridgehead atoms. The monoisotopic (exact) mass is 347 g/mol. The van der Waals surface area contributed by atoms with Crippen LogP contribution in [0.4, 0.5) is 13.2 Å². The lowest BCUT2D eigenvalue weighted by Crippen LogP contribution is -2.09. The van der Waals surface area contributed by atoms with Crippen molar-refractivity contribution in [1.29, 1.82) is 5.26 Å². The van der Waals surface area contributed by atoms with Crippen molar-refractivity contribution in [1.82, 2.24) is 0 Å². The lowest BCUT2D eigenvalue weighted by Gasteiger charge is -2.10. The van der Waals surface area contributed by atoms with Gasteiger partial charge in [-0.15, -0.1) is 0 Å². The summed E-state index contributed by atoms with van der Waals surface area (Å²) in [7, 11) is 0.789. The second-order valence-electron chi connectivity index (χ2n) is 2.88. The van der Waals surface area contributed by atoms with Gasteiger partial charge in [0.2, 0.25) is 0 Å². The predicted molar refractivity (Wildman–Crippen MR) is 56.9 cm³/mol. The fourth-order valence-electron chi connectivity index (χ4n) is 1.07. The maximum absolute atomic E-state index is 12.5. The number of nitriles is 1. The highest BCUT2D eigenvalue weighted by molar-refractivity contribution is 9.10. The first-order valence-corrected chi connectivity index (χ1v) is 6.93. The zero-order chi connectivity index (χ0) is 13.4. The Morgan fingerprint density at radius 1 is 1.35 bits per heavy atom. The maximum Gasteiger partial charge on any atom is 0.417 e. The maximum atomic E-state index is 12.5. The van der Waals surface area contributed by atoms with E-state index >= 15 is 0 Å². The van der Waals surface area contributed by atoms with Gasteiger partial charge in [-0.3, -0.25) is 0 Å². The van der Waals surface area contributed by atoms with Crippen LogP contribution in [0.15, 0.2) is 21.5 Å². The Morgan fingerprint density at radius 2 is 1.88 bits per heavy atom. The first-order valence-electron chi connectivity index (χ1n) is 3.83. The first kappa shape index (κ1) is 14.3. The molecular formula is C8H2BrClF3NO2S. The molecule has 0 fully saturated rings. The Bertz CT molecular complexity index is 606. The van der Waals surface area contributed by atoms with E-state index in [0.717, 1.165) is 0 Å². The number of benzene rings is 1. The van der Waals surface area contributed by atoms with E-state index in [9.17, 15) is 21.6 Å². The molecule has 0 N–H and O–H groups in total. The number of rotatable bonds is 1. The summed E-state index contributed by atoms with van der Waals surface area (Å²) in [5.41, 5.74) is -2.03. The van der Waals surface area contributed by atoms with Crippen LogP contribution in [0.3, 0.4) is 0 Å². The van der Waals surface area contributed by atoms with Gasteiger partial charge in [0.25, 0.3) is 9.05 Å². The van der Waals surface area contributed by atoms with Crippen LogP contribution in [0.5, 0.6) is 0 Å². The molecule has 1 aromatic carbocycles. The van der Waals surface area contributed by atoms with E-state index < -0.39 is 31.2 Å². The predicted octanol–water partition coefficient (Wildman–Crippen LogP) is 3.27. The van der Waals surface area contributed by atoms with Crippen molar-refractivity contribution in [2.75, 3.05) is 0 Å². The minimum absolute atomic E-state index is 0.348. The number of halogens is 5. The van der Waals surface area contributed by atoms with Gasteiger partial charge in [0.05, 0.1) is 22.1 Å². The molecule has 3 nitrogen and oxygen atoms in total. The van der Waals surface area contributed by atoms with Crippen molar-refractivity contribution in [2.45, 2.75) is 11.1 Å². The normalized spacial score (nSPS) is 12.2. The number of nitrogens with zero attached hydrogens (tertiary/aromatic N) is 1. The van der Waals surface area contributed by atoms with Gasteiger partial charge in [0, 0.05) is 15.2 Å². The van der Waals surface area contributed by atoms with Crippen molar-refractivity contribution in [3.8, 4) is 6.07 Å². The molecule has 0 aliphatic carbocycles. The summed E-state index contributed by atoms with van der Waals surface area (Å²) >= 11 is 2.67. The standard InChI is InChI=1S/C8H2BrClF3NO2S/c9-6-2-5(8(11,12)13)4(3-14)1-7(6)17(10,15)16/h1-2H. The second kappa shape index (κ2) is 4.48. The topological polar surface area (TPSA) is 57.9 Å². The largest absolute Gasteiger partial charge is 0.417 e. The fourth-order valence-corrected chi connectivity index (χ4v) is 3.26. The Balaban J connectivity index is 3.65. The van der Waals surface area contributed by atoms with Gasteiger partial charge < -0.3 is 0 Å². The minimum Gasteiger partial charge on any atom is -0.207 e. The van der Waals surface area contributed by atoms with E-state index in [2.05, 4.69) is 15.9 Å². The van der Waals surface area contributed by atoms with Crippen molar-refractivity contribution >= 4 is 35.7 Å². The van der Waals surface area contributed by atoms with Crippen LogP contribution in [-0.2, 0) is 15.2 Å². The van der Waals surface area contributed by atoms with Crippen LogP contribution in [0, 0.1) is 11.3 Å². The lowest BCUT2D eigenvalue weighted by molar-refractivity contribution is -0.137. The van der Waals surface area contributed by atoms with E-state index in [-0.39, 0.29) is 4.47 Å². The molecule has 0 aliphatic heterocycles. The van der Waals surface area contributed by atoms with Crippen LogP contribution in [0.25, 0.3) is 0 Å². The van der Waals surface area contributed by atoms with E-state index in [1.807, 2.05) is 0 Å². The number of alkyl halides is 3. The molecule has 0 atom stereocenters. The van der Waals surface area contributed by atoms with Crippen molar-refractivity contribution in [3.63, 3.8) is 0 Å². The minimum atomic E-state index is -4.75. The molecule has 0 amide bonds. The second-order valence-corrected chi connectivity index (χ2v) is 6.26. The molecule has 0 saturated carbocycles. The van der Waals surface area contributed by atoms with Gasteiger partial charge in [-0.05, 0) is 28.1 Å². The highest BCUT2D eigenvalue weighted by Crippen LogP contribution is 2.37. The molecule has 0 unspecified atom stereocenters. The quantitative estimate of drug-likeness (QED) is 0.732. The molecule has 0 aliphatic rings. The van der Waals surface area contributed by atoms with Gasteiger partial charge in [-0.1, -0.05) is 0 Å². The third-order valence-corrected chi connectivity index (χ3v) is 4.04. The summed E-state index contributed by atoms with van der Waals surface area (Å²) in [5, 5.41) is 8.56. The van der Waals surface area contributed by atoms with E-state index in [1.165, 1.54) is 6.07 Å². The third-order valence-electron chi connectivity index (χ3n) is 1.76. The van der Waals surface area contributed by atoms with Crippen molar-refractivity contribution in [2.24, 2.45) is 0 Å². The SMILES string of the molecule is N#Cc1cc(S(=O)(=O)Cl)c(Br)cc1C(F)(F)F. The molecule has 92 valence electrons. The molecule has 17 heavy (non-hydrogen) atoms. The molecule has 0 radical (unpaired) electrons. The van der Waals surface area contributed by atoms with Crippen LogP contribution < -0.4 is 0 Å². The summed E-state index contributed by atoms with van der Waals surface area (Å²) in [6.45, 7) is 0. The average molecular weight is 349 g/mol. The zero-order valence-electron chi connectivity index (χ0n) is 7.72. The van der Waals surface area contributed by atoms with Crippen molar-refractivity contribution in [3.05, 3.63) is 27.7 Å². The first-order chi connectivity index (χ1) is 7.57. The van der Waals surface area contributed by atoms with Gasteiger partial charge >= 0.3 is 6.18 Å². The van der Waals surface area contributed by atoms with Crippen LogP contribution in [0.1, 0.15) is 11.1 Å². The Labute approximate surface area is 107 Å². The summed E-state index contributed by atoms with van der Waals surface area (Å²) in [4.78, 5) is -0.580. The Morgan fingerprint density at radius 3 is 2.24 bits per heavy atom. The van der Waals surface area contributed by atoms with Crippen LogP contribution in [-0.4, -0.2) is 8.42 Å². The van der Waals surface area contributed by atoms with E-state index in [4.69, 9.17) is 15.9 Å². The summed E-state index contributed by atoms with van der Waals surface area (Å²) < 4.78 is 59.2.